The van der Waals surface area contributed by atoms with Crippen LogP contribution in [0.15, 0.2) is 47.0 Å². The fraction of sp³-hybridized carbons (Fsp3) is 0.432. The zero-order chi connectivity index (χ0) is 39.0. The quantitative estimate of drug-likeness (QED) is 0.140. The smallest absolute Gasteiger partial charge is 0.410 e. The largest absolute Gasteiger partial charge is 0.444 e. The lowest BCUT2D eigenvalue weighted by Gasteiger charge is -2.33. The predicted molar refractivity (Wildman–Crippen MR) is 221 cm³/mol. The number of likely N-dealkylation sites (tertiary alicyclic amines) is 1. The molecule has 56 heavy (non-hydrogen) atoms. The van der Waals surface area contributed by atoms with Gasteiger partial charge in [0.15, 0.2) is 21.7 Å². The normalized spacial score (nSPS) is 15.5. The SMILES string of the molecule is CSc1ncc2ccc3c(C(N)=O)nn(C4CCN(C(=O)OC(C)(C)C)CC4)c3c2n1.CSc1ncc2ccc3c(C(N)=O)nn(C4CCNCC4)c3c2n1.Cl. The molecule has 0 unspecified atom stereocenters. The number of amides is 3. The molecule has 0 spiro atoms. The van der Waals surface area contributed by atoms with Crippen molar-refractivity contribution in [3.05, 3.63) is 48.0 Å². The van der Waals surface area contributed by atoms with Crippen molar-refractivity contribution in [2.24, 2.45) is 11.5 Å². The average molecular weight is 821 g/mol. The van der Waals surface area contributed by atoms with E-state index in [0.29, 0.717) is 47.3 Å². The van der Waals surface area contributed by atoms with Crippen LogP contribution in [0, 0.1) is 0 Å². The van der Waals surface area contributed by atoms with Gasteiger partial charge < -0.3 is 26.4 Å². The van der Waals surface area contributed by atoms with Crippen molar-refractivity contribution in [3.8, 4) is 0 Å². The summed E-state index contributed by atoms with van der Waals surface area (Å²) in [7, 11) is 0. The number of aromatic nitrogens is 8. The summed E-state index contributed by atoms with van der Waals surface area (Å²) in [6.45, 7) is 8.53. The van der Waals surface area contributed by atoms with E-state index in [1.807, 2.05) is 73.1 Å². The van der Waals surface area contributed by atoms with E-state index in [1.54, 1.807) is 11.1 Å². The molecule has 0 saturated carbocycles. The minimum absolute atomic E-state index is 0. The number of halogens is 1. The van der Waals surface area contributed by atoms with Crippen LogP contribution in [0.2, 0.25) is 0 Å². The zero-order valence-electron chi connectivity index (χ0n) is 31.8. The molecule has 19 heteroatoms. The Bertz CT molecular complexity index is 2440. The third-order valence-corrected chi connectivity index (χ3v) is 10.9. The van der Waals surface area contributed by atoms with Crippen LogP contribution in [-0.2, 0) is 4.74 Å². The van der Waals surface area contributed by atoms with E-state index in [-0.39, 0.29) is 36.3 Å². The predicted octanol–water partition coefficient (Wildman–Crippen LogP) is 5.52. The molecule has 0 atom stereocenters. The Kier molecular flexibility index (Phi) is 12.2. The molecule has 0 aliphatic carbocycles. The number of rotatable bonds is 6. The van der Waals surface area contributed by atoms with Crippen molar-refractivity contribution < 1.29 is 19.1 Å². The first-order valence-electron chi connectivity index (χ1n) is 18.1. The van der Waals surface area contributed by atoms with Crippen molar-refractivity contribution in [2.75, 3.05) is 38.7 Å². The molecule has 0 bridgehead atoms. The highest BCUT2D eigenvalue weighted by molar-refractivity contribution is 7.98. The Morgan fingerprint density at radius 2 is 1.20 bits per heavy atom. The monoisotopic (exact) mass is 820 g/mol. The number of hydrogen-bond donors (Lipinski definition) is 3. The molecule has 2 aliphatic heterocycles. The second-order valence-electron chi connectivity index (χ2n) is 14.5. The second kappa shape index (κ2) is 16.8. The lowest BCUT2D eigenvalue weighted by Crippen LogP contribution is -2.42. The second-order valence-corrected chi connectivity index (χ2v) is 16.1. The van der Waals surface area contributed by atoms with E-state index in [4.69, 9.17) is 16.2 Å². The molecule has 2 aromatic carbocycles. The van der Waals surface area contributed by atoms with Crippen molar-refractivity contribution in [3.63, 3.8) is 0 Å². The molecule has 6 aromatic rings. The van der Waals surface area contributed by atoms with Gasteiger partial charge >= 0.3 is 6.09 Å². The maximum Gasteiger partial charge on any atom is 0.410 e. The molecule has 5 N–H and O–H groups in total. The van der Waals surface area contributed by atoms with E-state index in [9.17, 15) is 14.4 Å². The number of carbonyl (C=O) groups excluding carboxylic acids is 3. The standard InChI is InChI=1S/C21H26N6O3S.C16H18N6OS.ClH/c1-21(2,3)30-20(29)26-9-7-13(8-10-26)27-17-14(16(25-27)18(22)28)6-5-12-11-23-19(31-4)24-15(12)17;1-24-16-19-8-9-2-3-11-13(15(17)23)21-22(14(11)12(9)20-16)10-4-6-18-7-5-10;/h5-6,11,13H,7-10H2,1-4H3,(H2,22,28);2-3,8,10,18H,4-7H2,1H3,(H2,17,23);1H. The van der Waals surface area contributed by atoms with E-state index < -0.39 is 17.4 Å². The van der Waals surface area contributed by atoms with Crippen LogP contribution in [0.1, 0.15) is 79.5 Å². The summed E-state index contributed by atoms with van der Waals surface area (Å²) in [6.07, 6.45) is 10.4. The van der Waals surface area contributed by atoms with Gasteiger partial charge in [0, 0.05) is 47.0 Å². The maximum absolute atomic E-state index is 12.4. The van der Waals surface area contributed by atoms with Crippen molar-refractivity contribution in [1.82, 2.24) is 49.7 Å². The summed E-state index contributed by atoms with van der Waals surface area (Å²) in [6, 6.07) is 7.78. The van der Waals surface area contributed by atoms with Gasteiger partial charge in [0.25, 0.3) is 11.8 Å². The van der Waals surface area contributed by atoms with E-state index >= 15 is 0 Å². The number of nitrogens with one attached hydrogen (secondary N) is 1. The maximum atomic E-state index is 12.4. The van der Waals surface area contributed by atoms with Crippen molar-refractivity contribution in [2.45, 2.75) is 74.5 Å². The number of thioether (sulfide) groups is 2. The molecule has 2 saturated heterocycles. The highest BCUT2D eigenvalue weighted by Gasteiger charge is 2.31. The highest BCUT2D eigenvalue weighted by atomic mass is 35.5. The molecule has 0 radical (unpaired) electrons. The third kappa shape index (κ3) is 8.19. The Morgan fingerprint density at radius 1 is 0.750 bits per heavy atom. The lowest BCUT2D eigenvalue weighted by molar-refractivity contribution is 0.0186. The summed E-state index contributed by atoms with van der Waals surface area (Å²) in [4.78, 5) is 56.1. The molecule has 6 heterocycles. The van der Waals surface area contributed by atoms with Gasteiger partial charge in [-0.1, -0.05) is 35.7 Å². The molecule has 4 aromatic heterocycles. The Balaban J connectivity index is 0.000000192. The number of primary amides is 2. The van der Waals surface area contributed by atoms with Crippen LogP contribution in [0.5, 0.6) is 0 Å². The highest BCUT2D eigenvalue weighted by Crippen LogP contribution is 2.34. The summed E-state index contributed by atoms with van der Waals surface area (Å²) < 4.78 is 9.31. The summed E-state index contributed by atoms with van der Waals surface area (Å²) in [5.74, 6) is -1.08. The number of piperidine rings is 2. The Morgan fingerprint density at radius 3 is 1.61 bits per heavy atom. The van der Waals surface area contributed by atoms with Gasteiger partial charge in [0.05, 0.1) is 23.1 Å². The molecule has 2 fully saturated rings. The number of fused-ring (bicyclic) bond motifs is 6. The molecule has 16 nitrogen and oxygen atoms in total. The first-order chi connectivity index (χ1) is 26.4. The van der Waals surface area contributed by atoms with E-state index in [1.165, 1.54) is 23.5 Å². The lowest BCUT2D eigenvalue weighted by atomic mass is 10.0. The number of carbonyl (C=O) groups is 3. The Labute approximate surface area is 337 Å². The molecular weight excluding hydrogens is 776 g/mol. The van der Waals surface area contributed by atoms with Crippen molar-refractivity contribution in [1.29, 1.82) is 0 Å². The summed E-state index contributed by atoms with van der Waals surface area (Å²) >= 11 is 2.95. The molecule has 296 valence electrons. The number of ether oxygens (including phenoxy) is 1. The summed E-state index contributed by atoms with van der Waals surface area (Å²) in [5, 5.41) is 17.1. The van der Waals surface area contributed by atoms with E-state index in [2.05, 4.69) is 35.5 Å². The fourth-order valence-electron chi connectivity index (χ4n) is 7.16. The number of nitrogens with two attached hydrogens (primary N) is 2. The zero-order valence-corrected chi connectivity index (χ0v) is 34.3. The first-order valence-corrected chi connectivity index (χ1v) is 20.5. The third-order valence-electron chi connectivity index (χ3n) is 9.74. The molecule has 8 rings (SSSR count). The molecular formula is C37H45ClN12O4S2. The summed E-state index contributed by atoms with van der Waals surface area (Å²) in [5.41, 5.74) is 14.4. The van der Waals surface area contributed by atoms with Crippen LogP contribution in [0.3, 0.4) is 0 Å². The minimum atomic E-state index is -0.576. The van der Waals surface area contributed by atoms with Gasteiger partial charge in [0.2, 0.25) is 0 Å². The van der Waals surface area contributed by atoms with Gasteiger partial charge in [-0.3, -0.25) is 19.0 Å². The van der Waals surface area contributed by atoms with Crippen molar-refractivity contribution >= 4 is 97.5 Å². The minimum Gasteiger partial charge on any atom is -0.444 e. The van der Waals surface area contributed by atoms with E-state index in [0.717, 1.165) is 64.2 Å². The van der Waals surface area contributed by atoms with Gasteiger partial charge in [-0.15, -0.1) is 12.4 Å². The van der Waals surface area contributed by atoms with Gasteiger partial charge in [-0.25, -0.2) is 24.7 Å². The van der Waals surface area contributed by atoms with Gasteiger partial charge in [-0.05, 0) is 84.2 Å². The van der Waals surface area contributed by atoms with Crippen LogP contribution in [-0.4, -0.2) is 107 Å². The van der Waals surface area contributed by atoms with Crippen LogP contribution in [0.25, 0.3) is 43.6 Å². The van der Waals surface area contributed by atoms with Crippen LogP contribution >= 0.6 is 35.9 Å². The number of nitrogens with zero attached hydrogens (tertiary/aromatic N) is 9. The molecule has 3 amide bonds. The fourth-order valence-corrected chi connectivity index (χ4v) is 7.84. The first kappa shape index (κ1) is 40.9. The van der Waals surface area contributed by atoms with Crippen LogP contribution in [0.4, 0.5) is 4.79 Å². The van der Waals surface area contributed by atoms with Crippen LogP contribution < -0.4 is 16.8 Å². The Hall–Kier alpha value is -4.78. The topological polar surface area (TPSA) is 215 Å². The number of hydrogen-bond acceptors (Lipinski definition) is 13. The van der Waals surface area contributed by atoms with Gasteiger partial charge in [0.1, 0.15) is 16.6 Å². The molecule has 2 aliphatic rings. The average Bonchev–Trinajstić information content (AvgIpc) is 3.78. The van der Waals surface area contributed by atoms with Gasteiger partial charge in [-0.2, -0.15) is 10.2 Å². The number of benzene rings is 2.